The van der Waals surface area contributed by atoms with Crippen LogP contribution >= 0.6 is 0 Å². The molecule has 2 amide bonds. The second-order valence-corrected chi connectivity index (χ2v) is 3.53. The van der Waals surface area contributed by atoms with Crippen molar-refractivity contribution < 1.29 is 32.7 Å². The average molecular weight is 271 g/mol. The van der Waals surface area contributed by atoms with Crippen molar-refractivity contribution in [2.24, 2.45) is 17.4 Å². The number of primary amides is 2. The predicted molar refractivity (Wildman–Crippen MR) is 52.0 cm³/mol. The zero-order valence-corrected chi connectivity index (χ0v) is 9.11. The van der Waals surface area contributed by atoms with E-state index in [0.29, 0.717) is 4.90 Å². The van der Waals surface area contributed by atoms with Crippen LogP contribution in [0.2, 0.25) is 0 Å². The molecule has 0 aromatic rings. The number of nitrogens with two attached hydrogens (primary N) is 2. The first kappa shape index (κ1) is 16.2. The molecular weight excluding hydrogens is 259 g/mol. The van der Waals surface area contributed by atoms with Gasteiger partial charge in [0, 0.05) is 6.54 Å². The molecule has 1 atom stereocenters. The van der Waals surface area contributed by atoms with Gasteiger partial charge in [0.1, 0.15) is 0 Å². The molecule has 0 saturated carbocycles. The molecule has 7 nitrogen and oxygen atoms in total. The topological polar surface area (TPSA) is 127 Å². The number of nitrogens with zero attached hydrogens (tertiary/aromatic N) is 1. The number of rotatable bonds is 7. The molecule has 0 aliphatic heterocycles. The summed E-state index contributed by atoms with van der Waals surface area (Å²) < 4.78 is 37.1. The Bertz CT molecular complexity index is 329. The zero-order chi connectivity index (χ0) is 14.5. The van der Waals surface area contributed by atoms with E-state index >= 15 is 0 Å². The molecule has 18 heavy (non-hydrogen) atoms. The molecule has 0 spiro atoms. The number of amides is 2. The fraction of sp³-hybridized carbons (Fsp3) is 0.625. The van der Waals surface area contributed by atoms with E-state index in [-0.39, 0.29) is 0 Å². The van der Waals surface area contributed by atoms with Crippen molar-refractivity contribution in [1.29, 1.82) is 0 Å². The summed E-state index contributed by atoms with van der Waals surface area (Å²) >= 11 is 0. The third-order valence-electron chi connectivity index (χ3n) is 1.89. The highest BCUT2D eigenvalue weighted by atomic mass is 19.4. The van der Waals surface area contributed by atoms with Gasteiger partial charge < -0.3 is 16.6 Å². The Labute approximate surface area is 99.5 Å². The summed E-state index contributed by atoms with van der Waals surface area (Å²) in [4.78, 5) is 32.3. The Morgan fingerprint density at radius 3 is 1.72 bits per heavy atom. The highest BCUT2D eigenvalue weighted by Crippen LogP contribution is 2.27. The van der Waals surface area contributed by atoms with E-state index in [4.69, 9.17) is 16.6 Å². The third kappa shape index (κ3) is 6.03. The van der Waals surface area contributed by atoms with Gasteiger partial charge in [-0.05, 0) is 0 Å². The van der Waals surface area contributed by atoms with Crippen LogP contribution in [0.4, 0.5) is 13.2 Å². The number of halogens is 3. The Balaban J connectivity index is 4.85. The highest BCUT2D eigenvalue weighted by molar-refractivity contribution is 5.79. The lowest BCUT2D eigenvalue weighted by Gasteiger charge is -2.24. The lowest BCUT2D eigenvalue weighted by molar-refractivity contribution is -0.197. The van der Waals surface area contributed by atoms with E-state index in [1.807, 2.05) is 0 Å². The third-order valence-corrected chi connectivity index (χ3v) is 1.89. The SMILES string of the molecule is NC(=O)CN(CC(N)=O)CC(C(=O)O)C(F)(F)F. The number of aliphatic carboxylic acids is 1. The van der Waals surface area contributed by atoms with Crippen molar-refractivity contribution in [3.63, 3.8) is 0 Å². The summed E-state index contributed by atoms with van der Waals surface area (Å²) in [5, 5.41) is 8.45. The van der Waals surface area contributed by atoms with Crippen molar-refractivity contribution in [2.75, 3.05) is 19.6 Å². The molecule has 0 heterocycles. The number of carbonyl (C=O) groups excluding carboxylic acids is 2. The molecular formula is C8H12F3N3O4. The lowest BCUT2D eigenvalue weighted by Crippen LogP contribution is -2.47. The predicted octanol–water partition coefficient (Wildman–Crippen LogP) is -1.48. The van der Waals surface area contributed by atoms with Gasteiger partial charge in [-0.2, -0.15) is 13.2 Å². The van der Waals surface area contributed by atoms with Crippen LogP contribution in [-0.2, 0) is 14.4 Å². The summed E-state index contributed by atoms with van der Waals surface area (Å²) in [6.07, 6.45) is -5.00. The summed E-state index contributed by atoms with van der Waals surface area (Å²) in [6, 6.07) is 0. The smallest absolute Gasteiger partial charge is 0.403 e. The van der Waals surface area contributed by atoms with E-state index in [1.165, 1.54) is 0 Å². The standard InChI is InChI=1S/C8H12F3N3O4/c9-8(10,11)4(7(17)18)1-14(2-5(12)15)3-6(13)16/h4H,1-3H2,(H2,12,15)(H2,13,16)(H,17,18). The normalized spacial score (nSPS) is 13.3. The molecule has 0 saturated heterocycles. The fourth-order valence-electron chi connectivity index (χ4n) is 1.21. The maximum atomic E-state index is 12.4. The van der Waals surface area contributed by atoms with Gasteiger partial charge in [-0.1, -0.05) is 0 Å². The second-order valence-electron chi connectivity index (χ2n) is 3.53. The van der Waals surface area contributed by atoms with Crippen molar-refractivity contribution in [3.05, 3.63) is 0 Å². The average Bonchev–Trinajstić information content (AvgIpc) is 2.09. The van der Waals surface area contributed by atoms with E-state index in [0.717, 1.165) is 0 Å². The van der Waals surface area contributed by atoms with Gasteiger partial charge in [0.25, 0.3) is 0 Å². The maximum Gasteiger partial charge on any atom is 0.403 e. The highest BCUT2D eigenvalue weighted by Gasteiger charge is 2.46. The minimum Gasteiger partial charge on any atom is -0.481 e. The Hall–Kier alpha value is -1.84. The molecule has 0 aromatic carbocycles. The number of hydrogen-bond donors (Lipinski definition) is 3. The van der Waals surface area contributed by atoms with Gasteiger partial charge in [0.15, 0.2) is 5.92 Å². The molecule has 0 radical (unpaired) electrons. The number of alkyl halides is 3. The molecule has 0 aliphatic rings. The van der Waals surface area contributed by atoms with Gasteiger partial charge >= 0.3 is 12.1 Å². The van der Waals surface area contributed by atoms with Gasteiger partial charge in [-0.25, -0.2) is 0 Å². The van der Waals surface area contributed by atoms with Crippen molar-refractivity contribution in [3.8, 4) is 0 Å². The minimum atomic E-state index is -5.00. The minimum absolute atomic E-state index is 0.636. The summed E-state index contributed by atoms with van der Waals surface area (Å²) in [5.41, 5.74) is 9.54. The van der Waals surface area contributed by atoms with Crippen LogP contribution in [0.25, 0.3) is 0 Å². The molecule has 10 heteroatoms. The van der Waals surface area contributed by atoms with Crippen molar-refractivity contribution in [1.82, 2.24) is 4.90 Å². The summed E-state index contributed by atoms with van der Waals surface area (Å²) in [7, 11) is 0. The Morgan fingerprint density at radius 2 is 1.50 bits per heavy atom. The van der Waals surface area contributed by atoms with Crippen LogP contribution in [0.1, 0.15) is 0 Å². The van der Waals surface area contributed by atoms with E-state index in [1.54, 1.807) is 0 Å². The van der Waals surface area contributed by atoms with Crippen LogP contribution < -0.4 is 11.5 Å². The molecule has 0 aromatic heterocycles. The van der Waals surface area contributed by atoms with Gasteiger partial charge in [0.05, 0.1) is 13.1 Å². The second kappa shape index (κ2) is 6.19. The van der Waals surface area contributed by atoms with Crippen LogP contribution in [0.5, 0.6) is 0 Å². The van der Waals surface area contributed by atoms with Crippen LogP contribution in [0.3, 0.4) is 0 Å². The number of hydrogen-bond acceptors (Lipinski definition) is 4. The van der Waals surface area contributed by atoms with E-state index in [9.17, 15) is 27.6 Å². The van der Waals surface area contributed by atoms with Crippen LogP contribution in [0, 0.1) is 5.92 Å². The van der Waals surface area contributed by atoms with E-state index in [2.05, 4.69) is 0 Å². The van der Waals surface area contributed by atoms with Gasteiger partial charge in [-0.15, -0.1) is 0 Å². The van der Waals surface area contributed by atoms with E-state index < -0.39 is 49.5 Å². The number of carbonyl (C=O) groups is 3. The van der Waals surface area contributed by atoms with Gasteiger partial charge in [0.2, 0.25) is 11.8 Å². The Morgan fingerprint density at radius 1 is 1.11 bits per heavy atom. The quantitative estimate of drug-likeness (QED) is 0.520. The van der Waals surface area contributed by atoms with Crippen molar-refractivity contribution in [2.45, 2.75) is 6.18 Å². The van der Waals surface area contributed by atoms with Crippen LogP contribution in [0.15, 0.2) is 0 Å². The maximum absolute atomic E-state index is 12.4. The molecule has 0 rings (SSSR count). The van der Waals surface area contributed by atoms with Crippen LogP contribution in [-0.4, -0.2) is 53.6 Å². The number of carboxylic acid groups (broad SMARTS) is 1. The summed E-state index contributed by atoms with van der Waals surface area (Å²) in [6.45, 7) is -2.46. The largest absolute Gasteiger partial charge is 0.481 e. The molecule has 104 valence electrons. The summed E-state index contributed by atoms with van der Waals surface area (Å²) in [5.74, 6) is -6.83. The Kier molecular flexibility index (Phi) is 5.56. The molecule has 0 aliphatic carbocycles. The first-order valence-electron chi connectivity index (χ1n) is 4.62. The monoisotopic (exact) mass is 271 g/mol. The lowest BCUT2D eigenvalue weighted by atomic mass is 10.1. The van der Waals surface area contributed by atoms with Gasteiger partial charge in [-0.3, -0.25) is 19.3 Å². The zero-order valence-electron chi connectivity index (χ0n) is 9.11. The molecule has 1 unspecified atom stereocenters. The first-order chi connectivity index (χ1) is 8.04. The number of carboxylic acids is 1. The molecule has 5 N–H and O–H groups in total. The van der Waals surface area contributed by atoms with Crippen molar-refractivity contribution >= 4 is 17.8 Å². The first-order valence-corrected chi connectivity index (χ1v) is 4.62. The fourth-order valence-corrected chi connectivity index (χ4v) is 1.21. The molecule has 0 fully saturated rings. The molecule has 0 bridgehead atoms.